The summed E-state index contributed by atoms with van der Waals surface area (Å²) in [5.41, 5.74) is 2.05. The van der Waals surface area contributed by atoms with Crippen LogP contribution in [0.2, 0.25) is 5.02 Å². The number of likely N-dealkylation sites (tertiary alicyclic amines) is 1. The SMILES string of the molecule is O=C(NCCc1c[nH]c2ccc(F)cc12)c1csc(C2CCN(C(=O)c3c(F)cccc3Cl)CC2)n1. The van der Waals surface area contributed by atoms with Gasteiger partial charge in [0.2, 0.25) is 0 Å². The molecule has 1 aliphatic rings. The highest BCUT2D eigenvalue weighted by atomic mass is 35.5. The molecule has 0 saturated carbocycles. The number of carbonyl (C=O) groups is 2. The van der Waals surface area contributed by atoms with Crippen molar-refractivity contribution in [2.24, 2.45) is 0 Å². The largest absolute Gasteiger partial charge is 0.361 e. The predicted octanol–water partition coefficient (Wildman–Crippen LogP) is 5.55. The van der Waals surface area contributed by atoms with Crippen molar-refractivity contribution in [1.29, 1.82) is 0 Å². The highest BCUT2D eigenvalue weighted by Crippen LogP contribution is 2.32. The molecule has 3 heterocycles. The summed E-state index contributed by atoms with van der Waals surface area (Å²) in [6.07, 6.45) is 3.73. The average molecular weight is 529 g/mol. The maximum Gasteiger partial charge on any atom is 0.270 e. The second-order valence-corrected chi connectivity index (χ2v) is 10.0. The predicted molar refractivity (Wildman–Crippen MR) is 136 cm³/mol. The van der Waals surface area contributed by atoms with Crippen molar-refractivity contribution in [3.63, 3.8) is 0 Å². The maximum absolute atomic E-state index is 14.1. The van der Waals surface area contributed by atoms with Crippen molar-refractivity contribution in [1.82, 2.24) is 20.2 Å². The zero-order valence-corrected chi connectivity index (χ0v) is 20.8. The van der Waals surface area contributed by atoms with E-state index in [0.717, 1.165) is 21.5 Å². The van der Waals surface area contributed by atoms with Crippen molar-refractivity contribution < 1.29 is 18.4 Å². The van der Waals surface area contributed by atoms with E-state index in [2.05, 4.69) is 15.3 Å². The highest BCUT2D eigenvalue weighted by molar-refractivity contribution is 7.09. The number of hydrogen-bond donors (Lipinski definition) is 2. The van der Waals surface area contributed by atoms with E-state index >= 15 is 0 Å². The fraction of sp³-hybridized carbons (Fsp3) is 0.269. The van der Waals surface area contributed by atoms with Gasteiger partial charge in [0.05, 0.1) is 15.6 Å². The van der Waals surface area contributed by atoms with Crippen LogP contribution in [0.4, 0.5) is 8.78 Å². The first kappa shape index (κ1) is 24.4. The molecular formula is C26H23ClF2N4O2S. The summed E-state index contributed by atoms with van der Waals surface area (Å²) >= 11 is 7.47. The Morgan fingerprint density at radius 3 is 2.78 bits per heavy atom. The normalized spacial score (nSPS) is 14.4. The zero-order chi connectivity index (χ0) is 25.2. The van der Waals surface area contributed by atoms with Gasteiger partial charge in [-0.1, -0.05) is 17.7 Å². The number of amides is 2. The number of fused-ring (bicyclic) bond motifs is 1. The molecule has 1 aliphatic heterocycles. The van der Waals surface area contributed by atoms with Crippen LogP contribution in [0.5, 0.6) is 0 Å². The van der Waals surface area contributed by atoms with Gasteiger partial charge < -0.3 is 15.2 Å². The number of halogens is 3. The van der Waals surface area contributed by atoms with Gasteiger partial charge in [0.15, 0.2) is 0 Å². The Bertz CT molecular complexity index is 1410. The maximum atomic E-state index is 14.1. The molecule has 0 atom stereocenters. The summed E-state index contributed by atoms with van der Waals surface area (Å²) < 4.78 is 27.7. The van der Waals surface area contributed by atoms with Crippen molar-refractivity contribution in [3.05, 3.63) is 86.5 Å². The lowest BCUT2D eigenvalue weighted by atomic mass is 9.97. The third-order valence-electron chi connectivity index (χ3n) is 6.47. The first-order valence-corrected chi connectivity index (χ1v) is 12.9. The average Bonchev–Trinajstić information content (AvgIpc) is 3.52. The number of thiazole rings is 1. The third-order valence-corrected chi connectivity index (χ3v) is 7.79. The van der Waals surface area contributed by atoms with Crippen LogP contribution in [0, 0.1) is 11.6 Å². The van der Waals surface area contributed by atoms with E-state index in [-0.39, 0.29) is 28.2 Å². The number of piperidine rings is 1. The first-order valence-electron chi connectivity index (χ1n) is 11.6. The summed E-state index contributed by atoms with van der Waals surface area (Å²) in [6, 6.07) is 8.80. The van der Waals surface area contributed by atoms with Crippen molar-refractivity contribution in [2.45, 2.75) is 25.2 Å². The molecule has 0 bridgehead atoms. The minimum Gasteiger partial charge on any atom is -0.361 e. The topological polar surface area (TPSA) is 78.1 Å². The minimum atomic E-state index is -0.623. The molecule has 0 radical (unpaired) electrons. The Balaban J connectivity index is 1.14. The van der Waals surface area contributed by atoms with Gasteiger partial charge >= 0.3 is 0 Å². The number of nitrogens with one attached hydrogen (secondary N) is 2. The van der Waals surface area contributed by atoms with E-state index in [1.165, 1.54) is 41.7 Å². The van der Waals surface area contributed by atoms with Gasteiger partial charge in [-0.25, -0.2) is 13.8 Å². The highest BCUT2D eigenvalue weighted by Gasteiger charge is 2.29. The van der Waals surface area contributed by atoms with Crippen LogP contribution in [0.3, 0.4) is 0 Å². The molecule has 2 amide bonds. The molecular weight excluding hydrogens is 506 g/mol. The quantitative estimate of drug-likeness (QED) is 0.344. The molecule has 2 N–H and O–H groups in total. The first-order chi connectivity index (χ1) is 17.4. The van der Waals surface area contributed by atoms with Crippen LogP contribution >= 0.6 is 22.9 Å². The lowest BCUT2D eigenvalue weighted by molar-refractivity contribution is 0.0708. The van der Waals surface area contributed by atoms with Crippen molar-refractivity contribution in [3.8, 4) is 0 Å². The molecule has 0 spiro atoms. The fourth-order valence-electron chi connectivity index (χ4n) is 4.53. The third kappa shape index (κ3) is 4.99. The molecule has 2 aromatic heterocycles. The molecule has 186 valence electrons. The van der Waals surface area contributed by atoms with Crippen LogP contribution in [0.25, 0.3) is 10.9 Å². The zero-order valence-electron chi connectivity index (χ0n) is 19.2. The Morgan fingerprint density at radius 2 is 2.00 bits per heavy atom. The molecule has 4 aromatic rings. The van der Waals surface area contributed by atoms with Gasteiger partial charge in [0, 0.05) is 48.0 Å². The summed E-state index contributed by atoms with van der Waals surface area (Å²) in [5, 5.41) is 6.38. The van der Waals surface area contributed by atoms with Crippen LogP contribution in [0.1, 0.15) is 50.2 Å². The molecule has 1 fully saturated rings. The van der Waals surface area contributed by atoms with E-state index in [9.17, 15) is 18.4 Å². The summed E-state index contributed by atoms with van der Waals surface area (Å²) in [5.74, 6) is -1.47. The monoisotopic (exact) mass is 528 g/mol. The second-order valence-electron chi connectivity index (χ2n) is 8.74. The van der Waals surface area contributed by atoms with Crippen LogP contribution in [0.15, 0.2) is 48.0 Å². The van der Waals surface area contributed by atoms with Crippen LogP contribution in [-0.4, -0.2) is 46.3 Å². The molecule has 0 unspecified atom stereocenters. The summed E-state index contributed by atoms with van der Waals surface area (Å²) in [4.78, 5) is 34.6. The van der Waals surface area contributed by atoms with Gasteiger partial charge in [-0.15, -0.1) is 11.3 Å². The Kier molecular flexibility index (Phi) is 7.02. The van der Waals surface area contributed by atoms with E-state index in [1.807, 2.05) is 6.20 Å². The number of rotatable bonds is 6. The number of H-pyrrole nitrogens is 1. The molecule has 2 aromatic carbocycles. The smallest absolute Gasteiger partial charge is 0.270 e. The van der Waals surface area contributed by atoms with E-state index in [0.29, 0.717) is 44.6 Å². The number of aromatic nitrogens is 2. The molecule has 5 rings (SSSR count). The Labute approximate surface area is 215 Å². The van der Waals surface area contributed by atoms with E-state index in [4.69, 9.17) is 11.6 Å². The van der Waals surface area contributed by atoms with Gasteiger partial charge in [-0.3, -0.25) is 9.59 Å². The van der Waals surface area contributed by atoms with Crippen molar-refractivity contribution >= 4 is 45.7 Å². The summed E-state index contributed by atoms with van der Waals surface area (Å²) in [7, 11) is 0. The number of nitrogens with zero attached hydrogens (tertiary/aromatic N) is 2. The lowest BCUT2D eigenvalue weighted by Gasteiger charge is -2.31. The minimum absolute atomic E-state index is 0.0939. The molecule has 36 heavy (non-hydrogen) atoms. The second kappa shape index (κ2) is 10.4. The van der Waals surface area contributed by atoms with Crippen molar-refractivity contribution in [2.75, 3.05) is 19.6 Å². The Hall–Kier alpha value is -3.30. The molecule has 10 heteroatoms. The van der Waals surface area contributed by atoms with Gasteiger partial charge in [0.25, 0.3) is 11.8 Å². The van der Waals surface area contributed by atoms with Gasteiger partial charge in [-0.05, 0) is 55.2 Å². The van der Waals surface area contributed by atoms with E-state index in [1.54, 1.807) is 16.3 Å². The number of hydrogen-bond acceptors (Lipinski definition) is 4. The summed E-state index contributed by atoms with van der Waals surface area (Å²) in [6.45, 7) is 1.31. The van der Waals surface area contributed by atoms with E-state index < -0.39 is 11.7 Å². The molecule has 1 saturated heterocycles. The molecule has 0 aliphatic carbocycles. The standard InChI is InChI=1S/C26H23ClF2N4O2S/c27-19-2-1-3-20(29)23(19)26(35)33-10-7-15(8-11-33)25-32-22(14-36-25)24(34)30-9-6-16-13-31-21-5-4-17(28)12-18(16)21/h1-5,12-15,31H,6-11H2,(H,30,34). The lowest BCUT2D eigenvalue weighted by Crippen LogP contribution is -2.38. The van der Waals surface area contributed by atoms with Gasteiger partial charge in [-0.2, -0.15) is 0 Å². The number of aromatic amines is 1. The van der Waals surface area contributed by atoms with Gasteiger partial charge in [0.1, 0.15) is 17.3 Å². The Morgan fingerprint density at radius 1 is 1.19 bits per heavy atom. The number of carbonyl (C=O) groups excluding carboxylic acids is 2. The van der Waals surface area contributed by atoms with Crippen LogP contribution < -0.4 is 5.32 Å². The fourth-order valence-corrected chi connectivity index (χ4v) is 5.74. The number of benzene rings is 2. The molecule has 6 nitrogen and oxygen atoms in total. The van der Waals surface area contributed by atoms with Crippen LogP contribution in [-0.2, 0) is 6.42 Å².